The van der Waals surface area contributed by atoms with Crippen LogP contribution in [0.4, 0.5) is 0 Å². The third kappa shape index (κ3) is 10.8. The normalized spacial score (nSPS) is 14.2. The number of nitrogens with one attached hydrogen (secondary N) is 3. The third-order valence-electron chi connectivity index (χ3n) is 4.35. The number of hydrogen-bond acceptors (Lipinski definition) is 6. The van der Waals surface area contributed by atoms with Crippen molar-refractivity contribution in [3.05, 3.63) is 0 Å². The van der Waals surface area contributed by atoms with Gasteiger partial charge in [-0.15, -0.1) is 0 Å². The van der Waals surface area contributed by atoms with Crippen LogP contribution in [0.15, 0.2) is 0 Å². The zero-order chi connectivity index (χ0) is 22.6. The Labute approximate surface area is 172 Å². The highest BCUT2D eigenvalue weighted by Crippen LogP contribution is 2.09. The second-order valence-corrected chi connectivity index (χ2v) is 7.87. The van der Waals surface area contributed by atoms with Crippen LogP contribution in [0.3, 0.4) is 0 Å². The molecule has 29 heavy (non-hydrogen) atoms. The number of hydrogen-bond donors (Lipinski definition) is 6. The Bertz CT molecular complexity index is 553. The molecule has 0 aliphatic rings. The van der Waals surface area contributed by atoms with Crippen LogP contribution in [0.2, 0.25) is 0 Å². The first-order valence-electron chi connectivity index (χ1n) is 10.1. The van der Waals surface area contributed by atoms with Crippen LogP contribution in [0.5, 0.6) is 0 Å². The molecule has 3 unspecified atom stereocenters. The Hall–Kier alpha value is -2.20. The van der Waals surface area contributed by atoms with Gasteiger partial charge in [-0.3, -0.25) is 14.4 Å². The molecule has 10 nitrogen and oxygen atoms in total. The van der Waals surface area contributed by atoms with Gasteiger partial charge < -0.3 is 32.5 Å². The smallest absolute Gasteiger partial charge is 0.326 e. The van der Waals surface area contributed by atoms with Crippen molar-refractivity contribution >= 4 is 23.7 Å². The van der Waals surface area contributed by atoms with E-state index in [1.54, 1.807) is 13.8 Å². The molecule has 3 amide bonds. The number of aliphatic carboxylic acids is 1. The molecule has 8 N–H and O–H groups in total. The van der Waals surface area contributed by atoms with Crippen molar-refractivity contribution in [3.8, 4) is 0 Å². The highest BCUT2D eigenvalue weighted by Gasteiger charge is 2.30. The SMILES string of the molecule is CC(C)CC(NC(=O)C(CCCCN)NC(=O)CN)C(=O)NC(C(=O)O)C(C)C. The van der Waals surface area contributed by atoms with Crippen LogP contribution in [0, 0.1) is 11.8 Å². The van der Waals surface area contributed by atoms with Crippen LogP contribution < -0.4 is 27.4 Å². The lowest BCUT2D eigenvalue weighted by Crippen LogP contribution is -2.57. The van der Waals surface area contributed by atoms with Gasteiger partial charge >= 0.3 is 5.97 Å². The van der Waals surface area contributed by atoms with Crippen LogP contribution in [-0.4, -0.2) is 60.0 Å². The summed E-state index contributed by atoms with van der Waals surface area (Å²) in [6, 6.07) is -2.83. The van der Waals surface area contributed by atoms with Crippen molar-refractivity contribution < 1.29 is 24.3 Å². The fourth-order valence-electron chi connectivity index (χ4n) is 2.76. The molecule has 10 heteroatoms. The number of carbonyl (C=O) groups is 4. The molecular weight excluding hydrogens is 378 g/mol. The summed E-state index contributed by atoms with van der Waals surface area (Å²) in [4.78, 5) is 48.5. The van der Waals surface area contributed by atoms with E-state index < -0.39 is 41.8 Å². The van der Waals surface area contributed by atoms with Crippen molar-refractivity contribution in [1.29, 1.82) is 0 Å². The first kappa shape index (κ1) is 26.8. The molecule has 0 spiro atoms. The van der Waals surface area contributed by atoms with Gasteiger partial charge in [0.25, 0.3) is 0 Å². The molecule has 0 rings (SSSR count). The molecule has 0 aromatic carbocycles. The van der Waals surface area contributed by atoms with E-state index in [-0.39, 0.29) is 18.4 Å². The van der Waals surface area contributed by atoms with Gasteiger partial charge in [0.1, 0.15) is 18.1 Å². The summed E-state index contributed by atoms with van der Waals surface area (Å²) in [6.07, 6.45) is 1.98. The number of nitrogens with two attached hydrogens (primary N) is 2. The average molecular weight is 416 g/mol. The lowest BCUT2D eigenvalue weighted by Gasteiger charge is -2.26. The van der Waals surface area contributed by atoms with Crippen molar-refractivity contribution in [2.45, 2.75) is 71.5 Å². The molecule has 0 bridgehead atoms. The highest BCUT2D eigenvalue weighted by atomic mass is 16.4. The van der Waals surface area contributed by atoms with Gasteiger partial charge in [0.15, 0.2) is 0 Å². The summed E-state index contributed by atoms with van der Waals surface area (Å²) in [5, 5.41) is 17.0. The molecule has 0 radical (unpaired) electrons. The highest BCUT2D eigenvalue weighted by molar-refractivity contribution is 5.93. The summed E-state index contributed by atoms with van der Waals surface area (Å²) in [6.45, 7) is 7.35. The Balaban J connectivity index is 5.31. The van der Waals surface area contributed by atoms with Crippen molar-refractivity contribution in [2.75, 3.05) is 13.1 Å². The number of carboxylic acid groups (broad SMARTS) is 1. The van der Waals surface area contributed by atoms with Crippen molar-refractivity contribution in [3.63, 3.8) is 0 Å². The zero-order valence-electron chi connectivity index (χ0n) is 17.9. The van der Waals surface area contributed by atoms with Gasteiger partial charge in [-0.1, -0.05) is 27.7 Å². The van der Waals surface area contributed by atoms with Crippen LogP contribution in [-0.2, 0) is 19.2 Å². The van der Waals surface area contributed by atoms with Crippen molar-refractivity contribution in [1.82, 2.24) is 16.0 Å². The molecule has 3 atom stereocenters. The largest absolute Gasteiger partial charge is 0.480 e. The topological polar surface area (TPSA) is 177 Å². The first-order valence-corrected chi connectivity index (χ1v) is 10.1. The molecule has 0 aliphatic carbocycles. The quantitative estimate of drug-likeness (QED) is 0.203. The molecule has 0 heterocycles. The molecule has 0 aromatic heterocycles. The van der Waals surface area contributed by atoms with Gasteiger partial charge in [0.05, 0.1) is 6.54 Å². The summed E-state index contributed by atoms with van der Waals surface area (Å²) in [7, 11) is 0. The fraction of sp³-hybridized carbons (Fsp3) is 0.789. The number of carboxylic acids is 1. The predicted octanol–water partition coefficient (Wildman–Crippen LogP) is -0.685. The van der Waals surface area contributed by atoms with Crippen LogP contribution in [0.1, 0.15) is 53.4 Å². The second kappa shape index (κ2) is 13.9. The minimum absolute atomic E-state index is 0.0719. The molecule has 0 aromatic rings. The number of unbranched alkanes of at least 4 members (excludes halogenated alkanes) is 1. The Morgan fingerprint density at radius 3 is 1.90 bits per heavy atom. The Morgan fingerprint density at radius 1 is 0.862 bits per heavy atom. The minimum atomic E-state index is -1.14. The summed E-state index contributed by atoms with van der Waals surface area (Å²) in [5.41, 5.74) is 10.8. The lowest BCUT2D eigenvalue weighted by atomic mass is 9.99. The fourth-order valence-corrected chi connectivity index (χ4v) is 2.76. The maximum absolute atomic E-state index is 12.7. The lowest BCUT2D eigenvalue weighted by molar-refractivity contribution is -0.143. The van der Waals surface area contributed by atoms with E-state index in [1.165, 1.54) is 0 Å². The van der Waals surface area contributed by atoms with E-state index in [0.29, 0.717) is 32.2 Å². The van der Waals surface area contributed by atoms with E-state index >= 15 is 0 Å². The standard InChI is InChI=1S/C19H37N5O5/c1-11(2)9-14(18(27)24-16(12(3)4)19(28)29)23-17(26)13(7-5-6-8-20)22-15(25)10-21/h11-14,16H,5-10,20-21H2,1-4H3,(H,22,25)(H,23,26)(H,24,27)(H,28,29). The second-order valence-electron chi connectivity index (χ2n) is 7.87. The number of rotatable bonds is 14. The summed E-state index contributed by atoms with van der Waals surface area (Å²) < 4.78 is 0. The summed E-state index contributed by atoms with van der Waals surface area (Å²) in [5.74, 6) is -2.95. The Kier molecular flexibility index (Phi) is 12.8. The van der Waals surface area contributed by atoms with Gasteiger partial charge in [-0.2, -0.15) is 0 Å². The molecule has 0 fully saturated rings. The van der Waals surface area contributed by atoms with E-state index in [1.807, 2.05) is 13.8 Å². The van der Waals surface area contributed by atoms with Gasteiger partial charge in [-0.25, -0.2) is 4.79 Å². The van der Waals surface area contributed by atoms with Gasteiger partial charge in [-0.05, 0) is 44.1 Å². The molecule has 0 saturated carbocycles. The summed E-state index contributed by atoms with van der Waals surface area (Å²) >= 11 is 0. The van der Waals surface area contributed by atoms with Crippen LogP contribution in [0.25, 0.3) is 0 Å². The van der Waals surface area contributed by atoms with Crippen LogP contribution >= 0.6 is 0 Å². The van der Waals surface area contributed by atoms with E-state index in [9.17, 15) is 24.3 Å². The van der Waals surface area contributed by atoms with E-state index in [0.717, 1.165) is 0 Å². The van der Waals surface area contributed by atoms with Gasteiger partial charge in [0.2, 0.25) is 17.7 Å². The molecular formula is C19H37N5O5. The van der Waals surface area contributed by atoms with E-state index in [4.69, 9.17) is 11.5 Å². The van der Waals surface area contributed by atoms with Gasteiger partial charge in [0, 0.05) is 0 Å². The maximum atomic E-state index is 12.7. The molecule has 0 aliphatic heterocycles. The monoisotopic (exact) mass is 415 g/mol. The molecule has 0 saturated heterocycles. The van der Waals surface area contributed by atoms with Crippen molar-refractivity contribution in [2.24, 2.45) is 23.3 Å². The molecule has 168 valence electrons. The van der Waals surface area contributed by atoms with E-state index in [2.05, 4.69) is 16.0 Å². The minimum Gasteiger partial charge on any atom is -0.480 e. The predicted molar refractivity (Wildman–Crippen MR) is 110 cm³/mol. The average Bonchev–Trinajstić information content (AvgIpc) is 2.63. The Morgan fingerprint density at radius 2 is 1.45 bits per heavy atom. The first-order chi connectivity index (χ1) is 13.5. The third-order valence-corrected chi connectivity index (χ3v) is 4.35. The maximum Gasteiger partial charge on any atom is 0.326 e. The number of carbonyl (C=O) groups excluding carboxylic acids is 3. The number of amides is 3. The zero-order valence-corrected chi connectivity index (χ0v) is 17.9.